The van der Waals surface area contributed by atoms with Crippen molar-refractivity contribution in [2.75, 3.05) is 5.32 Å². The molecule has 0 aliphatic rings. The molecule has 0 atom stereocenters. The molecule has 0 bridgehead atoms. The molecule has 0 saturated heterocycles. The third-order valence-corrected chi connectivity index (χ3v) is 4.41. The Balaban J connectivity index is 1.51. The lowest BCUT2D eigenvalue weighted by molar-refractivity contribution is -0.116. The van der Waals surface area contributed by atoms with Crippen molar-refractivity contribution in [3.05, 3.63) is 64.4 Å². The van der Waals surface area contributed by atoms with Gasteiger partial charge in [-0.2, -0.15) is 10.2 Å². The van der Waals surface area contributed by atoms with Gasteiger partial charge in [0.1, 0.15) is 5.82 Å². The highest BCUT2D eigenvalue weighted by Crippen LogP contribution is 2.14. The Morgan fingerprint density at radius 2 is 2.00 bits per heavy atom. The summed E-state index contributed by atoms with van der Waals surface area (Å²) in [6.07, 6.45) is 5.51. The molecule has 0 aliphatic heterocycles. The van der Waals surface area contributed by atoms with Crippen LogP contribution >= 0.6 is 15.9 Å². The Kier molecular flexibility index (Phi) is 5.28. The molecule has 6 nitrogen and oxygen atoms in total. The van der Waals surface area contributed by atoms with Crippen molar-refractivity contribution in [1.29, 1.82) is 0 Å². The van der Waals surface area contributed by atoms with Crippen molar-refractivity contribution in [2.24, 2.45) is 0 Å². The molecule has 2 aromatic heterocycles. The van der Waals surface area contributed by atoms with Crippen LogP contribution in [0.1, 0.15) is 17.7 Å². The monoisotopic (exact) mass is 405 g/mol. The summed E-state index contributed by atoms with van der Waals surface area (Å²) in [6, 6.07) is 6.24. The van der Waals surface area contributed by atoms with Crippen LogP contribution in [0.4, 0.5) is 10.1 Å². The molecule has 0 radical (unpaired) electrons. The van der Waals surface area contributed by atoms with Crippen molar-refractivity contribution in [3.63, 3.8) is 0 Å². The third kappa shape index (κ3) is 4.76. The number of anilines is 1. The van der Waals surface area contributed by atoms with E-state index in [4.69, 9.17) is 0 Å². The molecule has 1 amide bonds. The van der Waals surface area contributed by atoms with E-state index in [1.54, 1.807) is 33.9 Å². The van der Waals surface area contributed by atoms with E-state index in [0.717, 1.165) is 15.7 Å². The number of aromatic nitrogens is 4. The van der Waals surface area contributed by atoms with E-state index in [9.17, 15) is 9.18 Å². The lowest BCUT2D eigenvalue weighted by Crippen LogP contribution is -2.14. The van der Waals surface area contributed by atoms with Crippen molar-refractivity contribution in [3.8, 4) is 0 Å². The van der Waals surface area contributed by atoms with Gasteiger partial charge in [0.05, 0.1) is 28.6 Å². The van der Waals surface area contributed by atoms with Gasteiger partial charge in [-0.25, -0.2) is 4.39 Å². The number of nitrogens with zero attached hydrogens (tertiary/aromatic N) is 4. The number of rotatable bonds is 6. The van der Waals surface area contributed by atoms with Gasteiger partial charge in [-0.15, -0.1) is 0 Å². The fourth-order valence-corrected chi connectivity index (χ4v) is 2.65. The van der Waals surface area contributed by atoms with Gasteiger partial charge in [0, 0.05) is 25.4 Å². The van der Waals surface area contributed by atoms with Crippen molar-refractivity contribution in [2.45, 2.75) is 26.4 Å². The van der Waals surface area contributed by atoms with Crippen LogP contribution in [0.5, 0.6) is 0 Å². The fraction of sp³-hybridized carbons (Fsp3) is 0.235. The van der Waals surface area contributed by atoms with Crippen LogP contribution in [0.2, 0.25) is 0 Å². The zero-order valence-corrected chi connectivity index (χ0v) is 15.2. The van der Waals surface area contributed by atoms with E-state index < -0.39 is 0 Å². The number of nitrogens with one attached hydrogen (secondary N) is 1. The second kappa shape index (κ2) is 7.60. The summed E-state index contributed by atoms with van der Waals surface area (Å²) in [7, 11) is 0. The van der Waals surface area contributed by atoms with E-state index in [0.29, 0.717) is 25.2 Å². The predicted molar refractivity (Wildman–Crippen MR) is 95.6 cm³/mol. The second-order valence-corrected chi connectivity index (χ2v) is 6.53. The van der Waals surface area contributed by atoms with E-state index >= 15 is 0 Å². The number of benzene rings is 1. The molecule has 1 aromatic carbocycles. The maximum atomic E-state index is 12.9. The van der Waals surface area contributed by atoms with Crippen molar-refractivity contribution >= 4 is 27.5 Å². The van der Waals surface area contributed by atoms with E-state index in [-0.39, 0.29) is 11.7 Å². The molecule has 0 fully saturated rings. The number of aryl methyl sites for hydroxylation is 2. The molecule has 3 rings (SSSR count). The molecule has 0 unspecified atom stereocenters. The van der Waals surface area contributed by atoms with Crippen molar-refractivity contribution < 1.29 is 9.18 Å². The van der Waals surface area contributed by atoms with Crippen molar-refractivity contribution in [1.82, 2.24) is 19.6 Å². The second-order valence-electron chi connectivity index (χ2n) is 5.68. The Hall–Kier alpha value is -2.48. The summed E-state index contributed by atoms with van der Waals surface area (Å²) in [5.74, 6) is -0.373. The fourth-order valence-electron chi connectivity index (χ4n) is 2.34. The number of amides is 1. The van der Waals surface area contributed by atoms with Gasteiger partial charge in [0.15, 0.2) is 0 Å². The van der Waals surface area contributed by atoms with Crippen LogP contribution < -0.4 is 5.32 Å². The highest BCUT2D eigenvalue weighted by molar-refractivity contribution is 9.10. The zero-order chi connectivity index (χ0) is 17.8. The van der Waals surface area contributed by atoms with Gasteiger partial charge < -0.3 is 5.32 Å². The smallest absolute Gasteiger partial charge is 0.226 e. The predicted octanol–water partition coefficient (Wildman–Crippen LogP) is 3.37. The lowest BCUT2D eigenvalue weighted by atomic mass is 10.2. The topological polar surface area (TPSA) is 64.7 Å². The maximum Gasteiger partial charge on any atom is 0.226 e. The molecule has 8 heteroatoms. The Morgan fingerprint density at radius 3 is 2.68 bits per heavy atom. The summed E-state index contributed by atoms with van der Waals surface area (Å²) in [6.45, 7) is 2.91. The molecule has 1 N–H and O–H groups in total. The maximum absolute atomic E-state index is 12.9. The minimum Gasteiger partial charge on any atom is -0.323 e. The number of halogens is 2. The van der Waals surface area contributed by atoms with Crippen LogP contribution in [0.15, 0.2) is 47.3 Å². The first-order chi connectivity index (χ1) is 12.0. The minimum atomic E-state index is -0.267. The Labute approximate surface area is 152 Å². The lowest BCUT2D eigenvalue weighted by Gasteiger charge is -2.03. The zero-order valence-electron chi connectivity index (χ0n) is 13.6. The third-order valence-electron chi connectivity index (χ3n) is 3.63. The minimum absolute atomic E-state index is 0.106. The number of hydrogen-bond acceptors (Lipinski definition) is 3. The highest BCUT2D eigenvalue weighted by atomic mass is 79.9. The molecule has 130 valence electrons. The first kappa shape index (κ1) is 17.3. The summed E-state index contributed by atoms with van der Waals surface area (Å²) in [5.41, 5.74) is 2.45. The highest BCUT2D eigenvalue weighted by Gasteiger charge is 2.07. The summed E-state index contributed by atoms with van der Waals surface area (Å²) < 4.78 is 17.3. The first-order valence-electron chi connectivity index (χ1n) is 7.76. The molecular weight excluding hydrogens is 389 g/mol. The van der Waals surface area contributed by atoms with Crippen LogP contribution in [-0.4, -0.2) is 25.5 Å². The number of hydrogen-bond donors (Lipinski definition) is 1. The molecule has 2 heterocycles. The normalized spacial score (nSPS) is 10.8. The largest absolute Gasteiger partial charge is 0.323 e. The molecule has 0 spiro atoms. The first-order valence-corrected chi connectivity index (χ1v) is 8.55. The average molecular weight is 406 g/mol. The number of carbonyl (C=O) groups excluding carboxylic acids is 1. The van der Waals surface area contributed by atoms with Crippen LogP contribution in [0.25, 0.3) is 0 Å². The van der Waals surface area contributed by atoms with E-state index in [1.807, 2.05) is 13.1 Å². The molecule has 0 saturated carbocycles. The van der Waals surface area contributed by atoms with Crippen LogP contribution in [0, 0.1) is 12.7 Å². The average Bonchev–Trinajstić information content (AvgIpc) is 3.14. The SMILES string of the molecule is Cc1nn(CCC(=O)Nc2cnn(Cc3ccc(F)cc3)c2)cc1Br. The van der Waals surface area contributed by atoms with Crippen LogP contribution in [0.3, 0.4) is 0 Å². The Morgan fingerprint density at radius 1 is 1.24 bits per heavy atom. The van der Waals surface area contributed by atoms with Gasteiger partial charge in [-0.1, -0.05) is 12.1 Å². The van der Waals surface area contributed by atoms with Gasteiger partial charge in [0.2, 0.25) is 5.91 Å². The summed E-state index contributed by atoms with van der Waals surface area (Å²) >= 11 is 3.39. The van der Waals surface area contributed by atoms with E-state index in [2.05, 4.69) is 31.4 Å². The van der Waals surface area contributed by atoms with Gasteiger partial charge in [-0.05, 0) is 40.5 Å². The summed E-state index contributed by atoms with van der Waals surface area (Å²) in [5, 5.41) is 11.3. The standard InChI is InChI=1S/C17H17BrFN5O/c1-12-16(18)11-23(22-12)7-6-17(25)21-15-8-20-24(10-15)9-13-2-4-14(19)5-3-13/h2-5,8,10-11H,6-7,9H2,1H3,(H,21,25). The van der Waals surface area contributed by atoms with E-state index in [1.165, 1.54) is 12.1 Å². The molecule has 3 aromatic rings. The quantitative estimate of drug-likeness (QED) is 0.683. The number of carbonyl (C=O) groups is 1. The molecule has 0 aliphatic carbocycles. The summed E-state index contributed by atoms with van der Waals surface area (Å²) in [4.78, 5) is 12.0. The van der Waals surface area contributed by atoms with Gasteiger partial charge in [0.25, 0.3) is 0 Å². The van der Waals surface area contributed by atoms with Gasteiger partial charge in [-0.3, -0.25) is 14.2 Å². The van der Waals surface area contributed by atoms with Gasteiger partial charge >= 0.3 is 0 Å². The molecular formula is C17H17BrFN5O. The molecule has 25 heavy (non-hydrogen) atoms. The Bertz CT molecular complexity index is 852. The van der Waals surface area contributed by atoms with Crippen LogP contribution in [-0.2, 0) is 17.9 Å².